The predicted octanol–water partition coefficient (Wildman–Crippen LogP) is 2.45. The summed E-state index contributed by atoms with van der Waals surface area (Å²) in [5.41, 5.74) is 0.722. The van der Waals surface area contributed by atoms with Crippen LogP contribution >= 0.6 is 11.3 Å². The van der Waals surface area contributed by atoms with Gasteiger partial charge in [0, 0.05) is 6.42 Å². The highest BCUT2D eigenvalue weighted by molar-refractivity contribution is 7.13. The molecule has 0 fully saturated rings. The molecule has 21 heavy (non-hydrogen) atoms. The first-order valence-electron chi connectivity index (χ1n) is 6.18. The van der Waals surface area contributed by atoms with Crippen molar-refractivity contribution in [2.75, 3.05) is 0 Å². The van der Waals surface area contributed by atoms with E-state index in [1.807, 2.05) is 17.5 Å². The molecule has 0 aliphatic carbocycles. The van der Waals surface area contributed by atoms with Crippen LogP contribution in [0.5, 0.6) is 0 Å². The molecule has 0 saturated heterocycles. The second-order valence-corrected chi connectivity index (χ2v) is 5.30. The molecule has 0 N–H and O–H groups in total. The van der Waals surface area contributed by atoms with Crippen molar-refractivity contribution < 1.29 is 9.34 Å². The Labute approximate surface area is 123 Å². The number of hydrogen-bond donors (Lipinski definition) is 0. The lowest BCUT2D eigenvalue weighted by molar-refractivity contribution is -0.389. The molecule has 9 heteroatoms. The van der Waals surface area contributed by atoms with E-state index < -0.39 is 4.92 Å². The van der Waals surface area contributed by atoms with Gasteiger partial charge in [0.2, 0.25) is 5.89 Å². The zero-order valence-electron chi connectivity index (χ0n) is 11.1. The molecule has 3 rings (SSSR count). The summed E-state index contributed by atoms with van der Waals surface area (Å²) in [5, 5.41) is 24.5. The minimum absolute atomic E-state index is 0.155. The fraction of sp³-hybridized carbons (Fsp3) is 0.250. The summed E-state index contributed by atoms with van der Waals surface area (Å²) in [6.07, 6.45) is 0.470. The van der Waals surface area contributed by atoms with E-state index in [9.17, 15) is 10.1 Å². The van der Waals surface area contributed by atoms with Gasteiger partial charge >= 0.3 is 5.82 Å². The monoisotopic (exact) mass is 305 g/mol. The Hall–Kier alpha value is -2.55. The van der Waals surface area contributed by atoms with Crippen LogP contribution in [0.4, 0.5) is 5.82 Å². The van der Waals surface area contributed by atoms with E-state index in [0.29, 0.717) is 24.7 Å². The lowest BCUT2D eigenvalue weighted by Crippen LogP contribution is -2.05. The van der Waals surface area contributed by atoms with Gasteiger partial charge in [-0.05, 0) is 23.3 Å². The standard InChI is InChI=1S/C12H11N5O3S/c1-8-7-10(17(18)19)15-16(8)5-4-11-13-14-12(20-11)9-3-2-6-21-9/h2-3,6-7H,4-5H2,1H3. The molecule has 0 radical (unpaired) electrons. The van der Waals surface area contributed by atoms with E-state index in [1.165, 1.54) is 17.4 Å². The number of thiophene rings is 1. The molecule has 0 atom stereocenters. The molecule has 108 valence electrons. The molecule has 0 saturated carbocycles. The Morgan fingerprint density at radius 3 is 3.00 bits per heavy atom. The second-order valence-electron chi connectivity index (χ2n) is 4.35. The summed E-state index contributed by atoms with van der Waals surface area (Å²) < 4.78 is 7.12. The molecule has 0 aromatic carbocycles. The molecule has 0 aliphatic rings. The normalized spacial score (nSPS) is 10.9. The van der Waals surface area contributed by atoms with Gasteiger partial charge in [0.05, 0.1) is 28.3 Å². The number of nitrogens with zero attached hydrogens (tertiary/aromatic N) is 5. The molecule has 8 nitrogen and oxygen atoms in total. The van der Waals surface area contributed by atoms with Crippen molar-refractivity contribution in [2.45, 2.75) is 19.9 Å². The lowest BCUT2D eigenvalue weighted by atomic mass is 10.4. The maximum absolute atomic E-state index is 10.7. The quantitative estimate of drug-likeness (QED) is 0.530. The first-order chi connectivity index (χ1) is 10.1. The van der Waals surface area contributed by atoms with E-state index in [1.54, 1.807) is 11.6 Å². The summed E-state index contributed by atoms with van der Waals surface area (Å²) in [7, 11) is 0. The molecule has 0 aliphatic heterocycles. The van der Waals surface area contributed by atoms with Gasteiger partial charge in [0.15, 0.2) is 0 Å². The number of nitro groups is 1. The van der Waals surface area contributed by atoms with Crippen molar-refractivity contribution in [2.24, 2.45) is 0 Å². The molecule has 3 heterocycles. The Balaban J connectivity index is 1.69. The number of aromatic nitrogens is 4. The van der Waals surface area contributed by atoms with Gasteiger partial charge in [0.25, 0.3) is 5.89 Å². The van der Waals surface area contributed by atoms with Gasteiger partial charge in [-0.3, -0.25) is 0 Å². The van der Waals surface area contributed by atoms with Crippen molar-refractivity contribution in [1.82, 2.24) is 20.0 Å². The molecule has 3 aromatic heterocycles. The maximum atomic E-state index is 10.7. The fourth-order valence-electron chi connectivity index (χ4n) is 1.86. The third-order valence-corrected chi connectivity index (χ3v) is 3.75. The first kappa shape index (κ1) is 13.4. The van der Waals surface area contributed by atoms with Crippen LogP contribution < -0.4 is 0 Å². The van der Waals surface area contributed by atoms with Gasteiger partial charge in [-0.25, -0.2) is 0 Å². The van der Waals surface area contributed by atoms with Crippen LogP contribution in [0.1, 0.15) is 11.6 Å². The van der Waals surface area contributed by atoms with Crippen molar-refractivity contribution >= 4 is 17.2 Å². The van der Waals surface area contributed by atoms with E-state index in [0.717, 1.165) is 10.6 Å². The maximum Gasteiger partial charge on any atom is 0.390 e. The Kier molecular flexibility index (Phi) is 3.48. The van der Waals surface area contributed by atoms with Crippen LogP contribution in [0.2, 0.25) is 0 Å². The van der Waals surface area contributed by atoms with E-state index in [2.05, 4.69) is 15.3 Å². The molecule has 0 amide bonds. The zero-order valence-corrected chi connectivity index (χ0v) is 11.9. The first-order valence-corrected chi connectivity index (χ1v) is 7.06. The SMILES string of the molecule is Cc1cc([N+](=O)[O-])nn1CCc1nnc(-c2cccs2)o1. The summed E-state index contributed by atoms with van der Waals surface area (Å²) in [6, 6.07) is 5.25. The highest BCUT2D eigenvalue weighted by Crippen LogP contribution is 2.23. The molecule has 0 spiro atoms. The number of aryl methyl sites for hydroxylation is 3. The van der Waals surface area contributed by atoms with Gasteiger partial charge in [0.1, 0.15) is 0 Å². The Bertz CT molecular complexity index is 762. The van der Waals surface area contributed by atoms with Crippen LogP contribution in [-0.2, 0) is 13.0 Å². The van der Waals surface area contributed by atoms with Crippen LogP contribution in [0, 0.1) is 17.0 Å². The van der Waals surface area contributed by atoms with E-state index >= 15 is 0 Å². The third kappa shape index (κ3) is 2.82. The molecular weight excluding hydrogens is 294 g/mol. The van der Waals surface area contributed by atoms with Crippen molar-refractivity contribution in [3.05, 3.63) is 45.3 Å². The summed E-state index contributed by atoms with van der Waals surface area (Å²) in [5.74, 6) is 0.816. The highest BCUT2D eigenvalue weighted by Gasteiger charge is 2.16. The topological polar surface area (TPSA) is 99.9 Å². The van der Waals surface area contributed by atoms with Crippen LogP contribution in [0.25, 0.3) is 10.8 Å². The summed E-state index contributed by atoms with van der Waals surface area (Å²) in [6.45, 7) is 2.22. The van der Waals surface area contributed by atoms with Gasteiger partial charge in [-0.1, -0.05) is 6.07 Å². The Morgan fingerprint density at radius 1 is 1.48 bits per heavy atom. The molecule has 3 aromatic rings. The third-order valence-electron chi connectivity index (χ3n) is 2.89. The van der Waals surface area contributed by atoms with Crippen molar-refractivity contribution in [3.63, 3.8) is 0 Å². The smallest absolute Gasteiger partial charge is 0.390 e. The summed E-state index contributed by atoms with van der Waals surface area (Å²) in [4.78, 5) is 11.1. The van der Waals surface area contributed by atoms with E-state index in [-0.39, 0.29) is 5.82 Å². The van der Waals surface area contributed by atoms with Crippen molar-refractivity contribution in [1.29, 1.82) is 0 Å². The van der Waals surface area contributed by atoms with E-state index in [4.69, 9.17) is 4.42 Å². The molecule has 0 bridgehead atoms. The van der Waals surface area contributed by atoms with Crippen LogP contribution in [0.15, 0.2) is 28.0 Å². The highest BCUT2D eigenvalue weighted by atomic mass is 32.1. The fourth-order valence-corrected chi connectivity index (χ4v) is 2.51. The van der Waals surface area contributed by atoms with Gasteiger partial charge < -0.3 is 14.5 Å². The van der Waals surface area contributed by atoms with Gasteiger partial charge in [-0.2, -0.15) is 4.68 Å². The summed E-state index contributed by atoms with van der Waals surface area (Å²) >= 11 is 1.52. The van der Waals surface area contributed by atoms with Crippen molar-refractivity contribution in [3.8, 4) is 10.8 Å². The molecular formula is C12H11N5O3S. The lowest BCUT2D eigenvalue weighted by Gasteiger charge is -1.95. The predicted molar refractivity (Wildman–Crippen MR) is 74.9 cm³/mol. The second kappa shape index (κ2) is 5.44. The minimum Gasteiger partial charge on any atom is -0.420 e. The number of rotatable bonds is 5. The average Bonchev–Trinajstić information content (AvgIpc) is 3.17. The van der Waals surface area contributed by atoms with Gasteiger partial charge in [-0.15, -0.1) is 21.5 Å². The Morgan fingerprint density at radius 2 is 2.33 bits per heavy atom. The average molecular weight is 305 g/mol. The largest absolute Gasteiger partial charge is 0.420 e. The van der Waals surface area contributed by atoms with Crippen LogP contribution in [0.3, 0.4) is 0 Å². The molecule has 0 unspecified atom stereocenters. The zero-order chi connectivity index (χ0) is 14.8. The number of hydrogen-bond acceptors (Lipinski definition) is 7. The minimum atomic E-state index is -0.509. The van der Waals surface area contributed by atoms with Crippen LogP contribution in [-0.4, -0.2) is 24.9 Å².